The van der Waals surface area contributed by atoms with Crippen LogP contribution in [0.25, 0.3) is 17.2 Å². The Kier molecular flexibility index (Phi) is 4.17. The first kappa shape index (κ1) is 15.3. The van der Waals surface area contributed by atoms with Crippen LogP contribution in [0.5, 0.6) is 0 Å². The summed E-state index contributed by atoms with van der Waals surface area (Å²) in [6.45, 7) is 5.90. The van der Waals surface area contributed by atoms with Gasteiger partial charge in [-0.2, -0.15) is 0 Å². The molecule has 0 aliphatic carbocycles. The van der Waals surface area contributed by atoms with Gasteiger partial charge >= 0.3 is 0 Å². The number of nitrogens with one attached hydrogen (secondary N) is 1. The van der Waals surface area contributed by atoms with Gasteiger partial charge in [-0.3, -0.25) is 4.79 Å². The predicted molar refractivity (Wildman–Crippen MR) is 93.3 cm³/mol. The highest BCUT2D eigenvalue weighted by Crippen LogP contribution is 2.22. The maximum absolute atomic E-state index is 12.4. The third-order valence-corrected chi connectivity index (χ3v) is 4.20. The number of benzene rings is 2. The van der Waals surface area contributed by atoms with Gasteiger partial charge in [-0.15, -0.1) is 0 Å². The molecule has 2 aromatic carbocycles. The molecular formula is C18H17ClN3O+. The smallest absolute Gasteiger partial charge is 0.266 e. The average molecular weight is 327 g/mol. The molecule has 1 heterocycles. The van der Waals surface area contributed by atoms with Crippen molar-refractivity contribution in [3.8, 4) is 0 Å². The summed E-state index contributed by atoms with van der Waals surface area (Å²) in [4.78, 5) is 12.4. The predicted octanol–water partition coefficient (Wildman–Crippen LogP) is 3.63. The first-order valence-electron chi connectivity index (χ1n) is 7.26. The second kappa shape index (κ2) is 6.26. The Labute approximate surface area is 139 Å². The lowest BCUT2D eigenvalue weighted by atomic mass is 10.2. The Bertz CT molecular complexity index is 898. The molecule has 0 bridgehead atoms. The van der Waals surface area contributed by atoms with E-state index in [1.165, 1.54) is 0 Å². The summed E-state index contributed by atoms with van der Waals surface area (Å²) in [5, 5.41) is 3.55. The number of hydrogen-bond donors (Lipinski definition) is 1. The van der Waals surface area contributed by atoms with E-state index in [1.54, 1.807) is 12.3 Å². The molecule has 3 aromatic rings. The monoisotopic (exact) mass is 326 g/mol. The third kappa shape index (κ3) is 2.98. The van der Waals surface area contributed by atoms with Crippen molar-refractivity contribution in [3.05, 3.63) is 66.0 Å². The molecule has 0 aliphatic heterocycles. The molecule has 0 aliphatic rings. The quantitative estimate of drug-likeness (QED) is 0.730. The number of carbonyl (C=O) groups excluding carboxylic acids is 1. The molecule has 23 heavy (non-hydrogen) atoms. The second-order valence-corrected chi connectivity index (χ2v) is 5.69. The molecule has 0 atom stereocenters. The van der Waals surface area contributed by atoms with E-state index in [2.05, 4.69) is 11.9 Å². The Morgan fingerprint density at radius 2 is 2.09 bits per heavy atom. The van der Waals surface area contributed by atoms with Crippen molar-refractivity contribution >= 4 is 40.4 Å². The van der Waals surface area contributed by atoms with Gasteiger partial charge in [0.05, 0.1) is 6.20 Å². The van der Waals surface area contributed by atoms with Gasteiger partial charge in [0.1, 0.15) is 0 Å². The molecule has 0 spiro atoms. The van der Waals surface area contributed by atoms with Crippen LogP contribution in [0.3, 0.4) is 0 Å². The van der Waals surface area contributed by atoms with E-state index in [-0.39, 0.29) is 12.5 Å². The molecule has 1 N–H and O–H groups in total. The van der Waals surface area contributed by atoms with Gasteiger partial charge in [0, 0.05) is 10.7 Å². The summed E-state index contributed by atoms with van der Waals surface area (Å²) in [7, 11) is 0. The van der Waals surface area contributed by atoms with Crippen LogP contribution in [0, 0.1) is 6.92 Å². The lowest BCUT2D eigenvalue weighted by Gasteiger charge is -2.08. The van der Waals surface area contributed by atoms with E-state index >= 15 is 0 Å². The van der Waals surface area contributed by atoms with E-state index in [0.29, 0.717) is 5.02 Å². The van der Waals surface area contributed by atoms with E-state index in [1.807, 2.05) is 58.8 Å². The van der Waals surface area contributed by atoms with Crippen LogP contribution in [-0.2, 0) is 11.3 Å². The van der Waals surface area contributed by atoms with Crippen molar-refractivity contribution in [1.82, 2.24) is 4.57 Å². The van der Waals surface area contributed by atoms with Gasteiger partial charge in [0.15, 0.2) is 17.6 Å². The minimum absolute atomic E-state index is 0.104. The highest BCUT2D eigenvalue weighted by Gasteiger charge is 2.17. The summed E-state index contributed by atoms with van der Waals surface area (Å²) in [5.74, 6) is -0.104. The Morgan fingerprint density at radius 1 is 1.30 bits per heavy atom. The zero-order valence-electron chi connectivity index (χ0n) is 12.8. The van der Waals surface area contributed by atoms with E-state index in [4.69, 9.17) is 11.6 Å². The number of amides is 1. The summed E-state index contributed by atoms with van der Waals surface area (Å²) in [5.41, 5.74) is 3.58. The fraction of sp³-hybridized carbons (Fsp3) is 0.111. The van der Waals surface area contributed by atoms with Gasteiger partial charge < -0.3 is 5.32 Å². The van der Waals surface area contributed by atoms with Crippen molar-refractivity contribution in [2.45, 2.75) is 13.5 Å². The van der Waals surface area contributed by atoms with Crippen molar-refractivity contribution in [2.75, 3.05) is 5.32 Å². The SMILES string of the molecule is C=Cn1c[n+](CC(=O)Nc2cccc(Cl)c2C)c2ccccc21. The number of fused-ring (bicyclic) bond motifs is 1. The maximum Gasteiger partial charge on any atom is 0.266 e. The number of imidazole rings is 1. The first-order chi connectivity index (χ1) is 11.1. The Morgan fingerprint density at radius 3 is 2.87 bits per heavy atom. The summed E-state index contributed by atoms with van der Waals surface area (Å²) >= 11 is 6.09. The highest BCUT2D eigenvalue weighted by atomic mass is 35.5. The largest absolute Gasteiger partial charge is 0.322 e. The standard InChI is InChI=1S/C18H16ClN3O/c1-3-21-12-22(17-10-5-4-9-16(17)21)11-18(23)20-15-8-6-7-14(19)13(15)2/h3-10,12H,1,11H2,2H3/p+1. The van der Waals surface area contributed by atoms with Crippen LogP contribution in [0.1, 0.15) is 5.56 Å². The van der Waals surface area contributed by atoms with Crippen LogP contribution in [-0.4, -0.2) is 10.5 Å². The molecule has 1 amide bonds. The number of nitrogens with zero attached hydrogens (tertiary/aromatic N) is 2. The highest BCUT2D eigenvalue weighted by molar-refractivity contribution is 6.31. The van der Waals surface area contributed by atoms with Crippen LogP contribution in [0.4, 0.5) is 5.69 Å². The van der Waals surface area contributed by atoms with Gasteiger partial charge in [-0.25, -0.2) is 9.13 Å². The van der Waals surface area contributed by atoms with Crippen LogP contribution in [0.15, 0.2) is 55.4 Å². The molecule has 4 nitrogen and oxygen atoms in total. The van der Waals surface area contributed by atoms with E-state index in [9.17, 15) is 4.79 Å². The fourth-order valence-electron chi connectivity index (χ4n) is 2.56. The molecule has 0 fully saturated rings. The minimum atomic E-state index is -0.104. The first-order valence-corrected chi connectivity index (χ1v) is 7.64. The molecule has 0 unspecified atom stereocenters. The second-order valence-electron chi connectivity index (χ2n) is 5.28. The lowest BCUT2D eigenvalue weighted by Crippen LogP contribution is -2.39. The van der Waals surface area contributed by atoms with Crippen LogP contribution < -0.4 is 9.88 Å². The molecule has 116 valence electrons. The lowest BCUT2D eigenvalue weighted by molar-refractivity contribution is -0.658. The van der Waals surface area contributed by atoms with Crippen LogP contribution >= 0.6 is 11.6 Å². The summed E-state index contributed by atoms with van der Waals surface area (Å²) in [6, 6.07) is 13.4. The number of para-hydroxylation sites is 2. The minimum Gasteiger partial charge on any atom is -0.322 e. The molecular weight excluding hydrogens is 310 g/mol. The van der Waals surface area contributed by atoms with E-state index < -0.39 is 0 Å². The van der Waals surface area contributed by atoms with Gasteiger partial charge in [0.2, 0.25) is 6.33 Å². The number of carbonyl (C=O) groups is 1. The molecule has 0 saturated carbocycles. The Balaban J connectivity index is 1.86. The topological polar surface area (TPSA) is 37.9 Å². The molecule has 5 heteroatoms. The summed E-state index contributed by atoms with van der Waals surface area (Å²) in [6.07, 6.45) is 3.58. The van der Waals surface area contributed by atoms with Crippen molar-refractivity contribution in [2.24, 2.45) is 0 Å². The average Bonchev–Trinajstić information content (AvgIpc) is 2.90. The van der Waals surface area contributed by atoms with Crippen molar-refractivity contribution in [3.63, 3.8) is 0 Å². The zero-order chi connectivity index (χ0) is 16.4. The third-order valence-electron chi connectivity index (χ3n) is 3.79. The molecule has 1 aromatic heterocycles. The zero-order valence-corrected chi connectivity index (χ0v) is 13.5. The number of aromatic nitrogens is 2. The Hall–Kier alpha value is -2.59. The summed E-state index contributed by atoms with van der Waals surface area (Å²) < 4.78 is 3.79. The number of anilines is 1. The fourth-order valence-corrected chi connectivity index (χ4v) is 2.73. The van der Waals surface area contributed by atoms with Crippen LogP contribution in [0.2, 0.25) is 5.02 Å². The number of halogens is 1. The number of hydrogen-bond acceptors (Lipinski definition) is 1. The maximum atomic E-state index is 12.4. The van der Waals surface area contributed by atoms with Gasteiger partial charge in [-0.1, -0.05) is 36.4 Å². The van der Waals surface area contributed by atoms with E-state index in [0.717, 1.165) is 22.3 Å². The van der Waals surface area contributed by atoms with Gasteiger partial charge in [0.25, 0.3) is 5.91 Å². The van der Waals surface area contributed by atoms with Crippen molar-refractivity contribution < 1.29 is 9.36 Å². The normalized spacial score (nSPS) is 10.7. The van der Waals surface area contributed by atoms with Gasteiger partial charge in [-0.05, 0) is 36.8 Å². The molecule has 3 rings (SSSR count). The number of rotatable bonds is 4. The van der Waals surface area contributed by atoms with Crippen molar-refractivity contribution in [1.29, 1.82) is 0 Å². The molecule has 0 radical (unpaired) electrons. The molecule has 0 saturated heterocycles.